The van der Waals surface area contributed by atoms with E-state index in [9.17, 15) is 13.0 Å². The predicted octanol–water partition coefficient (Wildman–Crippen LogP) is 5.95. The van der Waals surface area contributed by atoms with E-state index in [2.05, 4.69) is 11.6 Å². The Bertz CT molecular complexity index is 698. The molecule has 162 valence electrons. The van der Waals surface area contributed by atoms with Gasteiger partial charge in [0.15, 0.2) is 0 Å². The van der Waals surface area contributed by atoms with Crippen molar-refractivity contribution in [1.29, 1.82) is 0 Å². The van der Waals surface area contributed by atoms with E-state index in [-0.39, 0.29) is 11.9 Å². The highest BCUT2D eigenvalue weighted by Crippen LogP contribution is 2.51. The van der Waals surface area contributed by atoms with Gasteiger partial charge in [-0.1, -0.05) is 57.6 Å². The Morgan fingerprint density at radius 3 is 2.14 bits per heavy atom. The van der Waals surface area contributed by atoms with Crippen LogP contribution in [0.4, 0.5) is 5.69 Å². The number of unbranched alkanes of at least 4 members (excludes halogenated alkanes) is 6. The van der Waals surface area contributed by atoms with E-state index in [4.69, 9.17) is 9.05 Å². The maximum Gasteiger partial charge on any atom is 0.335 e. The molecule has 0 heterocycles. The maximum absolute atomic E-state index is 12.7. The molecule has 0 bridgehead atoms. The Hall–Kier alpha value is -0.880. The zero-order valence-corrected chi connectivity index (χ0v) is 19.2. The van der Waals surface area contributed by atoms with Crippen molar-refractivity contribution in [3.8, 4) is 0 Å². The second-order valence-corrected chi connectivity index (χ2v) is 10.7. The third-order valence-corrected chi connectivity index (χ3v) is 7.67. The van der Waals surface area contributed by atoms with Crippen LogP contribution in [0.5, 0.6) is 0 Å². The summed E-state index contributed by atoms with van der Waals surface area (Å²) in [4.78, 5) is 0. The van der Waals surface area contributed by atoms with Gasteiger partial charge in [-0.15, -0.1) is 0 Å². The summed E-state index contributed by atoms with van der Waals surface area (Å²) in [7, 11) is -6.62. The molecule has 1 N–H and O–H groups in total. The Morgan fingerprint density at radius 1 is 0.929 bits per heavy atom. The van der Waals surface area contributed by atoms with Crippen LogP contribution in [-0.4, -0.2) is 27.4 Å². The van der Waals surface area contributed by atoms with Crippen LogP contribution in [0, 0.1) is 0 Å². The quantitative estimate of drug-likeness (QED) is 0.257. The molecule has 0 aliphatic heterocycles. The zero-order chi connectivity index (χ0) is 20.9. The summed E-state index contributed by atoms with van der Waals surface area (Å²) in [5, 5.41) is 0. The number of sulfonamides is 1. The Labute approximate surface area is 171 Å². The first kappa shape index (κ1) is 25.2. The van der Waals surface area contributed by atoms with Crippen molar-refractivity contribution in [1.82, 2.24) is 0 Å². The van der Waals surface area contributed by atoms with Gasteiger partial charge in [0.05, 0.1) is 25.1 Å². The Morgan fingerprint density at radius 2 is 1.54 bits per heavy atom. The molecule has 1 aromatic carbocycles. The molecule has 28 heavy (non-hydrogen) atoms. The molecule has 0 amide bonds. The lowest BCUT2D eigenvalue weighted by Gasteiger charge is -2.17. The van der Waals surface area contributed by atoms with Crippen LogP contribution in [0.2, 0.25) is 0 Å². The molecule has 1 aromatic rings. The smallest absolute Gasteiger partial charge is 0.309 e. The minimum Gasteiger partial charge on any atom is -0.309 e. The molecule has 6 nitrogen and oxygen atoms in total. The highest BCUT2D eigenvalue weighted by atomic mass is 32.2. The van der Waals surface area contributed by atoms with Crippen molar-refractivity contribution < 1.29 is 22.0 Å². The summed E-state index contributed by atoms with van der Waals surface area (Å²) in [5.74, 6) is 0.112. The van der Waals surface area contributed by atoms with Crippen LogP contribution in [0.25, 0.3) is 0 Å². The summed E-state index contributed by atoms with van der Waals surface area (Å²) < 4.78 is 50.5. The average Bonchev–Trinajstić information content (AvgIpc) is 2.61. The minimum atomic E-state index is -3.39. The number of hydrogen-bond donors (Lipinski definition) is 1. The van der Waals surface area contributed by atoms with Gasteiger partial charge >= 0.3 is 7.60 Å². The second kappa shape index (κ2) is 13.4. The van der Waals surface area contributed by atoms with Gasteiger partial charge in [0.1, 0.15) is 0 Å². The summed E-state index contributed by atoms with van der Waals surface area (Å²) in [6.45, 7) is 6.30. The predicted molar refractivity (Wildman–Crippen MR) is 116 cm³/mol. The van der Waals surface area contributed by atoms with E-state index in [1.165, 1.54) is 25.7 Å². The molecule has 0 atom stereocenters. The molecule has 0 aliphatic carbocycles. The fourth-order valence-corrected chi connectivity index (χ4v) is 5.82. The lowest BCUT2D eigenvalue weighted by Crippen LogP contribution is -2.16. The van der Waals surface area contributed by atoms with Crippen molar-refractivity contribution in [3.63, 3.8) is 0 Å². The fraction of sp³-hybridized carbons (Fsp3) is 0.700. The molecule has 0 aromatic heterocycles. The van der Waals surface area contributed by atoms with E-state index in [0.29, 0.717) is 30.9 Å². The van der Waals surface area contributed by atoms with E-state index in [1.54, 1.807) is 38.1 Å². The van der Waals surface area contributed by atoms with Gasteiger partial charge < -0.3 is 9.05 Å². The topological polar surface area (TPSA) is 81.7 Å². The molecule has 1 rings (SSSR count). The van der Waals surface area contributed by atoms with Gasteiger partial charge in [0, 0.05) is 5.69 Å². The van der Waals surface area contributed by atoms with Gasteiger partial charge in [-0.3, -0.25) is 9.29 Å². The summed E-state index contributed by atoms with van der Waals surface area (Å²) in [6, 6.07) is 6.91. The van der Waals surface area contributed by atoms with Crippen LogP contribution < -0.4 is 4.72 Å². The number of nitrogens with one attached hydrogen (secondary N) is 1. The second-order valence-electron chi connectivity index (χ2n) is 6.85. The fourth-order valence-electron chi connectivity index (χ4n) is 2.96. The third-order valence-electron chi connectivity index (χ3n) is 4.24. The maximum atomic E-state index is 12.7. The molecule has 0 fully saturated rings. The number of anilines is 1. The standard InChI is InChI=1S/C20H36NO5PS/c1-4-7-8-9-10-11-12-16-28(23,24)21-20-15-13-14-19(17-20)18-27(22,25-5-2)26-6-3/h13-15,17,21H,4-12,16,18H2,1-3H3. The third kappa shape index (κ3) is 10.6. The molecule has 8 heteroatoms. The minimum absolute atomic E-state index is 0.112. The SMILES string of the molecule is CCCCCCCCCS(=O)(=O)Nc1cccc(CP(=O)(OCC)OCC)c1. The summed E-state index contributed by atoms with van der Waals surface area (Å²) in [6.07, 6.45) is 7.63. The normalized spacial score (nSPS) is 12.2. The van der Waals surface area contributed by atoms with E-state index in [0.717, 1.165) is 12.8 Å². The first-order valence-corrected chi connectivity index (χ1v) is 13.7. The van der Waals surface area contributed by atoms with Crippen LogP contribution in [0.15, 0.2) is 24.3 Å². The molecule has 0 saturated carbocycles. The lowest BCUT2D eigenvalue weighted by molar-refractivity contribution is 0.219. The van der Waals surface area contributed by atoms with E-state index < -0.39 is 17.6 Å². The molecule has 0 saturated heterocycles. The van der Waals surface area contributed by atoms with Gasteiger partial charge in [-0.05, 0) is 38.0 Å². The van der Waals surface area contributed by atoms with Gasteiger partial charge in [0.2, 0.25) is 10.0 Å². The highest BCUT2D eigenvalue weighted by Gasteiger charge is 2.24. The first-order valence-electron chi connectivity index (χ1n) is 10.3. The number of benzene rings is 1. The van der Waals surface area contributed by atoms with Crippen LogP contribution in [0.1, 0.15) is 71.3 Å². The van der Waals surface area contributed by atoms with Gasteiger partial charge in [-0.2, -0.15) is 0 Å². The average molecular weight is 434 g/mol. The van der Waals surface area contributed by atoms with Gasteiger partial charge in [-0.25, -0.2) is 8.42 Å². The van der Waals surface area contributed by atoms with Crippen molar-refractivity contribution in [2.75, 3.05) is 23.7 Å². The molecular formula is C20H36NO5PS. The molecular weight excluding hydrogens is 397 g/mol. The van der Waals surface area contributed by atoms with Crippen molar-refractivity contribution in [3.05, 3.63) is 29.8 Å². The number of hydrogen-bond acceptors (Lipinski definition) is 5. The molecule has 0 aliphatic rings. The van der Waals surface area contributed by atoms with Crippen molar-refractivity contribution >= 4 is 23.3 Å². The largest absolute Gasteiger partial charge is 0.335 e. The summed E-state index contributed by atoms with van der Waals surface area (Å²) >= 11 is 0. The van der Waals surface area contributed by atoms with Crippen LogP contribution >= 0.6 is 7.60 Å². The Kier molecular flexibility index (Phi) is 12.0. The van der Waals surface area contributed by atoms with Gasteiger partial charge in [0.25, 0.3) is 0 Å². The van der Waals surface area contributed by atoms with Crippen molar-refractivity contribution in [2.45, 2.75) is 71.9 Å². The highest BCUT2D eigenvalue weighted by molar-refractivity contribution is 7.92. The van der Waals surface area contributed by atoms with E-state index >= 15 is 0 Å². The number of rotatable bonds is 16. The monoisotopic (exact) mass is 433 g/mol. The molecule has 0 radical (unpaired) electrons. The summed E-state index contributed by atoms with van der Waals surface area (Å²) in [5.41, 5.74) is 1.18. The molecule has 0 spiro atoms. The first-order chi connectivity index (χ1) is 13.3. The van der Waals surface area contributed by atoms with E-state index in [1.807, 2.05) is 0 Å². The zero-order valence-electron chi connectivity index (χ0n) is 17.5. The lowest BCUT2D eigenvalue weighted by atomic mass is 10.1. The van der Waals surface area contributed by atoms with Crippen LogP contribution in [0.3, 0.4) is 0 Å². The van der Waals surface area contributed by atoms with Crippen molar-refractivity contribution in [2.24, 2.45) is 0 Å². The molecule has 0 unspecified atom stereocenters. The van der Waals surface area contributed by atoms with Crippen LogP contribution in [-0.2, 0) is 29.8 Å². The Balaban J connectivity index is 2.57.